The van der Waals surface area contributed by atoms with E-state index in [2.05, 4.69) is 9.97 Å². The van der Waals surface area contributed by atoms with Crippen molar-refractivity contribution in [1.29, 1.82) is 0 Å². The zero-order chi connectivity index (χ0) is 19.9. The van der Waals surface area contributed by atoms with Crippen LogP contribution in [0.1, 0.15) is 70.5 Å². The zero-order valence-corrected chi connectivity index (χ0v) is 16.6. The molecule has 0 aromatic carbocycles. The molecule has 2 heterocycles. The van der Waals surface area contributed by atoms with E-state index >= 15 is 0 Å². The van der Waals surface area contributed by atoms with E-state index in [4.69, 9.17) is 9.72 Å². The van der Waals surface area contributed by atoms with E-state index < -0.39 is 11.2 Å². The Morgan fingerprint density at radius 2 is 1.82 bits per heavy atom. The molecule has 0 saturated heterocycles. The molecule has 3 aliphatic rings. The number of nitrogens with one attached hydrogen (secondary N) is 2. The fraction of sp³-hybridized carbons (Fsp3) is 0.700. The summed E-state index contributed by atoms with van der Waals surface area (Å²) in [6.45, 7) is 2.52. The standard InChI is InChI=1S/C20H28N4O4/c1-3-12-24-15-14(16(26)23-18(24)27)21-17(22-15)20-9-6-19(7-10-20,8-11-20)5-4-13(25)28-2/h3-12H2,1-2H3,(H,21,22)(H,23,26,27). The highest BCUT2D eigenvalue weighted by Gasteiger charge is 2.50. The second-order valence-corrected chi connectivity index (χ2v) is 8.55. The molecule has 8 heteroatoms. The Bertz CT molecular complexity index is 991. The molecule has 2 N–H and O–H groups in total. The van der Waals surface area contributed by atoms with Crippen LogP contribution in [0.15, 0.2) is 9.59 Å². The summed E-state index contributed by atoms with van der Waals surface area (Å²) in [5.74, 6) is 0.701. The first kappa shape index (κ1) is 19.0. The molecule has 0 aliphatic heterocycles. The molecular formula is C20H28N4O4. The molecule has 0 radical (unpaired) electrons. The smallest absolute Gasteiger partial charge is 0.330 e. The highest BCUT2D eigenvalue weighted by molar-refractivity contribution is 5.70. The number of aromatic amines is 2. The van der Waals surface area contributed by atoms with Gasteiger partial charge in [0, 0.05) is 18.4 Å². The Morgan fingerprint density at radius 1 is 1.14 bits per heavy atom. The van der Waals surface area contributed by atoms with E-state index in [0.29, 0.717) is 24.1 Å². The van der Waals surface area contributed by atoms with Crippen molar-refractivity contribution in [2.24, 2.45) is 5.41 Å². The first-order chi connectivity index (χ1) is 13.4. The number of methoxy groups -OCH3 is 1. The summed E-state index contributed by atoms with van der Waals surface area (Å²) in [5.41, 5.74) is 0.221. The van der Waals surface area contributed by atoms with Crippen molar-refractivity contribution in [3.63, 3.8) is 0 Å². The summed E-state index contributed by atoms with van der Waals surface area (Å²) in [5, 5.41) is 0. The highest BCUT2D eigenvalue weighted by atomic mass is 16.5. The molecule has 2 aromatic rings. The maximum Gasteiger partial charge on any atom is 0.330 e. The van der Waals surface area contributed by atoms with Crippen LogP contribution in [-0.2, 0) is 21.5 Å². The third kappa shape index (κ3) is 2.99. The van der Waals surface area contributed by atoms with Crippen molar-refractivity contribution in [3.05, 3.63) is 26.7 Å². The van der Waals surface area contributed by atoms with E-state index in [9.17, 15) is 14.4 Å². The number of ether oxygens (including phenoxy) is 1. The Hall–Kier alpha value is -2.38. The van der Waals surface area contributed by atoms with Crippen LogP contribution in [-0.4, -0.2) is 32.6 Å². The summed E-state index contributed by atoms with van der Waals surface area (Å²) >= 11 is 0. The lowest BCUT2D eigenvalue weighted by Gasteiger charge is -2.52. The number of nitrogens with zero attached hydrogens (tertiary/aromatic N) is 2. The SMILES string of the molecule is CCCn1c(=O)[nH]c(=O)c2[nH]c(C34CCC(CCC(=O)OC)(CC3)CC4)nc21. The van der Waals surface area contributed by atoms with Crippen molar-refractivity contribution in [1.82, 2.24) is 19.5 Å². The molecule has 3 fully saturated rings. The third-order valence-corrected chi connectivity index (χ3v) is 7.07. The lowest BCUT2D eigenvalue weighted by atomic mass is 9.52. The topological polar surface area (TPSA) is 110 Å². The lowest BCUT2D eigenvalue weighted by Crippen LogP contribution is -2.45. The first-order valence-corrected chi connectivity index (χ1v) is 10.2. The van der Waals surface area contributed by atoms with Gasteiger partial charge in [0.15, 0.2) is 5.65 Å². The summed E-state index contributed by atoms with van der Waals surface area (Å²) in [6, 6.07) is 0. The average Bonchev–Trinajstić information content (AvgIpc) is 3.17. The van der Waals surface area contributed by atoms with Gasteiger partial charge in [-0.25, -0.2) is 9.78 Å². The van der Waals surface area contributed by atoms with Crippen LogP contribution in [0.4, 0.5) is 0 Å². The quantitative estimate of drug-likeness (QED) is 0.738. The number of esters is 1. The largest absolute Gasteiger partial charge is 0.469 e. The molecule has 2 aromatic heterocycles. The Kier molecular flexibility index (Phi) is 4.67. The molecule has 2 bridgehead atoms. The Labute approximate surface area is 162 Å². The van der Waals surface area contributed by atoms with E-state index in [0.717, 1.165) is 57.2 Å². The summed E-state index contributed by atoms with van der Waals surface area (Å²) in [4.78, 5) is 46.5. The van der Waals surface area contributed by atoms with Gasteiger partial charge in [-0.2, -0.15) is 0 Å². The molecule has 0 amide bonds. The summed E-state index contributed by atoms with van der Waals surface area (Å²) < 4.78 is 6.36. The van der Waals surface area contributed by atoms with E-state index in [1.807, 2.05) is 6.92 Å². The maximum atomic E-state index is 12.3. The predicted molar refractivity (Wildman–Crippen MR) is 104 cm³/mol. The number of aryl methyl sites for hydroxylation is 1. The van der Waals surface area contributed by atoms with E-state index in [1.165, 1.54) is 7.11 Å². The van der Waals surface area contributed by atoms with Crippen LogP contribution in [0.5, 0.6) is 0 Å². The van der Waals surface area contributed by atoms with Gasteiger partial charge in [-0.1, -0.05) is 6.92 Å². The van der Waals surface area contributed by atoms with Gasteiger partial charge >= 0.3 is 11.7 Å². The highest BCUT2D eigenvalue weighted by Crippen LogP contribution is 2.59. The molecule has 0 spiro atoms. The second-order valence-electron chi connectivity index (χ2n) is 8.55. The van der Waals surface area contributed by atoms with Gasteiger partial charge < -0.3 is 9.72 Å². The maximum absolute atomic E-state index is 12.3. The van der Waals surface area contributed by atoms with Crippen LogP contribution in [0.25, 0.3) is 11.2 Å². The van der Waals surface area contributed by atoms with E-state index in [1.54, 1.807) is 4.57 Å². The number of hydrogen-bond acceptors (Lipinski definition) is 5. The Balaban J connectivity index is 1.63. The van der Waals surface area contributed by atoms with Crippen molar-refractivity contribution in [3.8, 4) is 0 Å². The monoisotopic (exact) mass is 388 g/mol. The Morgan fingerprint density at radius 3 is 2.43 bits per heavy atom. The van der Waals surface area contributed by atoms with Gasteiger partial charge in [0.05, 0.1) is 7.11 Å². The number of fused-ring (bicyclic) bond motifs is 4. The molecule has 5 rings (SSSR count). The van der Waals surface area contributed by atoms with Crippen molar-refractivity contribution < 1.29 is 9.53 Å². The molecule has 3 aliphatic carbocycles. The number of aromatic nitrogens is 4. The fourth-order valence-electron chi connectivity index (χ4n) is 5.19. The summed E-state index contributed by atoms with van der Waals surface area (Å²) in [7, 11) is 1.44. The van der Waals surface area contributed by atoms with Crippen molar-refractivity contribution in [2.45, 2.75) is 76.7 Å². The van der Waals surface area contributed by atoms with Gasteiger partial charge in [-0.3, -0.25) is 19.1 Å². The van der Waals surface area contributed by atoms with Crippen molar-refractivity contribution >= 4 is 17.1 Å². The molecule has 8 nitrogen and oxygen atoms in total. The van der Waals surface area contributed by atoms with Crippen LogP contribution < -0.4 is 11.2 Å². The van der Waals surface area contributed by atoms with Gasteiger partial charge in [-0.05, 0) is 56.8 Å². The minimum atomic E-state index is -0.401. The molecule has 152 valence electrons. The molecule has 28 heavy (non-hydrogen) atoms. The minimum absolute atomic E-state index is 0.0639. The van der Waals surface area contributed by atoms with Crippen LogP contribution in [0.2, 0.25) is 0 Å². The van der Waals surface area contributed by atoms with E-state index in [-0.39, 0.29) is 16.8 Å². The normalized spacial score (nSPS) is 26.6. The van der Waals surface area contributed by atoms with Gasteiger partial charge in [0.2, 0.25) is 0 Å². The summed E-state index contributed by atoms with van der Waals surface area (Å²) in [6.07, 6.45) is 8.28. The molecule has 0 atom stereocenters. The molecule has 3 saturated carbocycles. The number of imidazole rings is 1. The number of carbonyl (C=O) groups excluding carboxylic acids is 1. The fourth-order valence-corrected chi connectivity index (χ4v) is 5.19. The first-order valence-electron chi connectivity index (χ1n) is 10.2. The van der Waals surface area contributed by atoms with Crippen LogP contribution >= 0.6 is 0 Å². The van der Waals surface area contributed by atoms with Gasteiger partial charge in [0.25, 0.3) is 5.56 Å². The minimum Gasteiger partial charge on any atom is -0.469 e. The van der Waals surface area contributed by atoms with Gasteiger partial charge in [-0.15, -0.1) is 0 Å². The number of hydrogen-bond donors (Lipinski definition) is 2. The predicted octanol–water partition coefficient (Wildman–Crippen LogP) is 2.37. The number of carbonyl (C=O) groups is 1. The third-order valence-electron chi connectivity index (χ3n) is 7.07. The second kappa shape index (κ2) is 6.90. The number of rotatable bonds is 6. The molecular weight excluding hydrogens is 360 g/mol. The van der Waals surface area contributed by atoms with Crippen LogP contribution in [0, 0.1) is 5.41 Å². The van der Waals surface area contributed by atoms with Gasteiger partial charge in [0.1, 0.15) is 11.3 Å². The van der Waals surface area contributed by atoms with Crippen LogP contribution in [0.3, 0.4) is 0 Å². The zero-order valence-electron chi connectivity index (χ0n) is 16.6. The average molecular weight is 388 g/mol. The van der Waals surface area contributed by atoms with Crippen molar-refractivity contribution in [2.75, 3.05) is 7.11 Å². The molecule has 0 unspecified atom stereocenters. The number of H-pyrrole nitrogens is 2. The lowest BCUT2D eigenvalue weighted by molar-refractivity contribution is -0.141.